The van der Waals surface area contributed by atoms with Crippen molar-refractivity contribution in [1.82, 2.24) is 10.2 Å². The van der Waals surface area contributed by atoms with Crippen LogP contribution in [0.5, 0.6) is 5.75 Å². The number of nitrogen functional groups attached to an aromatic ring is 1. The van der Waals surface area contributed by atoms with Gasteiger partial charge in [-0.2, -0.15) is 18.3 Å². The van der Waals surface area contributed by atoms with Crippen molar-refractivity contribution in [2.75, 3.05) is 12.8 Å². The van der Waals surface area contributed by atoms with Crippen molar-refractivity contribution < 1.29 is 27.2 Å². The molecule has 0 atom stereocenters. The molecule has 10 heteroatoms. The van der Waals surface area contributed by atoms with Crippen molar-refractivity contribution in [3.8, 4) is 16.9 Å². The third-order valence-electron chi connectivity index (χ3n) is 6.49. The number of anilines is 1. The number of alkyl halides is 3. The monoisotopic (exact) mass is 459 g/mol. The number of hydrogen-bond acceptors (Lipinski definition) is 6. The molecular formula is C23H25BF3N3O3. The van der Waals surface area contributed by atoms with Crippen molar-refractivity contribution in [3.63, 3.8) is 0 Å². The highest BCUT2D eigenvalue weighted by Crippen LogP contribution is 2.41. The highest BCUT2D eigenvalue weighted by Gasteiger charge is 2.54. The van der Waals surface area contributed by atoms with Crippen LogP contribution in [0.25, 0.3) is 21.9 Å². The zero-order valence-corrected chi connectivity index (χ0v) is 19.3. The van der Waals surface area contributed by atoms with E-state index in [0.29, 0.717) is 22.2 Å². The van der Waals surface area contributed by atoms with E-state index in [1.807, 2.05) is 6.07 Å². The summed E-state index contributed by atoms with van der Waals surface area (Å²) in [7, 11) is 0.142. The van der Waals surface area contributed by atoms with Gasteiger partial charge < -0.3 is 19.8 Å². The molecule has 1 aliphatic heterocycles. The van der Waals surface area contributed by atoms with Crippen molar-refractivity contribution in [2.45, 2.75) is 52.0 Å². The van der Waals surface area contributed by atoms with Gasteiger partial charge in [0, 0.05) is 16.3 Å². The average molecular weight is 459 g/mol. The van der Waals surface area contributed by atoms with Crippen LogP contribution in [-0.2, 0) is 15.5 Å². The Morgan fingerprint density at radius 1 is 0.970 bits per heavy atom. The zero-order chi connectivity index (χ0) is 24.3. The Kier molecular flexibility index (Phi) is 5.37. The smallest absolute Gasteiger partial charge is 0.495 e. The molecule has 1 fully saturated rings. The second-order valence-electron chi connectivity index (χ2n) is 9.16. The molecule has 0 spiro atoms. The van der Waals surface area contributed by atoms with Gasteiger partial charge in [-0.3, -0.25) is 0 Å². The predicted octanol–water partition coefficient (Wildman–Crippen LogP) is 4.51. The van der Waals surface area contributed by atoms with Gasteiger partial charge in [0.15, 0.2) is 5.82 Å². The average Bonchev–Trinajstić information content (AvgIpc) is 2.96. The molecule has 0 aliphatic carbocycles. The second kappa shape index (κ2) is 7.60. The van der Waals surface area contributed by atoms with E-state index in [4.69, 9.17) is 19.8 Å². The lowest BCUT2D eigenvalue weighted by Crippen LogP contribution is -2.41. The lowest BCUT2D eigenvalue weighted by Gasteiger charge is -2.32. The van der Waals surface area contributed by atoms with Gasteiger partial charge in [0.05, 0.1) is 29.6 Å². The first-order chi connectivity index (χ1) is 15.2. The van der Waals surface area contributed by atoms with Crippen molar-refractivity contribution >= 4 is 29.2 Å². The summed E-state index contributed by atoms with van der Waals surface area (Å²) in [5, 5.41) is 9.43. The number of nitrogens with zero attached hydrogens (tertiary/aromatic N) is 2. The first-order valence-corrected chi connectivity index (χ1v) is 10.4. The maximum absolute atomic E-state index is 14.0. The molecule has 0 bridgehead atoms. The number of benzene rings is 2. The van der Waals surface area contributed by atoms with E-state index in [1.165, 1.54) is 13.2 Å². The summed E-state index contributed by atoms with van der Waals surface area (Å²) in [5.74, 6) is 0.356. The molecule has 1 aromatic heterocycles. The Hall–Kier alpha value is -2.85. The van der Waals surface area contributed by atoms with Crippen LogP contribution in [0.1, 0.15) is 39.0 Å². The van der Waals surface area contributed by atoms with Gasteiger partial charge in [-0.1, -0.05) is 12.1 Å². The van der Waals surface area contributed by atoms with Gasteiger partial charge in [-0.25, -0.2) is 0 Å². The van der Waals surface area contributed by atoms with Gasteiger partial charge in [0.25, 0.3) is 0 Å². The highest BCUT2D eigenvalue weighted by molar-refractivity contribution is 6.62. The summed E-state index contributed by atoms with van der Waals surface area (Å²) in [6, 6.07) is 7.77. The minimum atomic E-state index is -4.63. The zero-order valence-electron chi connectivity index (χ0n) is 19.3. The Morgan fingerprint density at radius 3 is 2.18 bits per heavy atom. The topological polar surface area (TPSA) is 79.5 Å². The first-order valence-electron chi connectivity index (χ1n) is 10.4. The molecule has 0 saturated carbocycles. The number of methoxy groups -OCH3 is 1. The van der Waals surface area contributed by atoms with Crippen LogP contribution in [0.15, 0.2) is 30.3 Å². The Morgan fingerprint density at radius 2 is 1.61 bits per heavy atom. The highest BCUT2D eigenvalue weighted by atomic mass is 19.4. The number of aromatic nitrogens is 2. The maximum atomic E-state index is 14.0. The largest absolute Gasteiger partial charge is 0.496 e. The van der Waals surface area contributed by atoms with E-state index >= 15 is 0 Å². The fourth-order valence-corrected chi connectivity index (χ4v) is 3.87. The molecule has 4 rings (SSSR count). The molecule has 0 unspecified atom stereocenters. The molecule has 3 aromatic rings. The Balaban J connectivity index is 1.94. The minimum absolute atomic E-state index is 0.0783. The van der Waals surface area contributed by atoms with Crippen LogP contribution < -0.4 is 15.9 Å². The molecule has 1 aliphatic rings. The molecule has 1 saturated heterocycles. The Labute approximate surface area is 190 Å². The quantitative estimate of drug-likeness (QED) is 0.581. The number of fused-ring (bicyclic) bond motifs is 1. The number of ether oxygens (including phenoxy) is 1. The Bertz CT molecular complexity index is 1230. The fourth-order valence-electron chi connectivity index (χ4n) is 3.87. The third-order valence-corrected chi connectivity index (χ3v) is 6.49. The second-order valence-corrected chi connectivity index (χ2v) is 9.16. The van der Waals surface area contributed by atoms with E-state index < -0.39 is 30.1 Å². The summed E-state index contributed by atoms with van der Waals surface area (Å²) in [4.78, 5) is 0. The molecule has 174 valence electrons. The van der Waals surface area contributed by atoms with Crippen LogP contribution in [-0.4, -0.2) is 35.6 Å². The van der Waals surface area contributed by atoms with Crippen molar-refractivity contribution in [1.29, 1.82) is 0 Å². The van der Waals surface area contributed by atoms with Gasteiger partial charge in [0.2, 0.25) is 0 Å². The molecule has 0 radical (unpaired) electrons. The number of halogens is 3. The van der Waals surface area contributed by atoms with E-state index in [1.54, 1.807) is 46.8 Å². The van der Waals surface area contributed by atoms with Gasteiger partial charge in [-0.15, -0.1) is 5.10 Å². The van der Waals surface area contributed by atoms with Crippen LogP contribution in [0.2, 0.25) is 0 Å². The lowest BCUT2D eigenvalue weighted by atomic mass is 9.74. The van der Waals surface area contributed by atoms with E-state index in [0.717, 1.165) is 11.5 Å². The first kappa shape index (κ1) is 23.3. The van der Waals surface area contributed by atoms with Crippen molar-refractivity contribution in [2.24, 2.45) is 0 Å². The van der Waals surface area contributed by atoms with Crippen LogP contribution in [0.3, 0.4) is 0 Å². The molecule has 2 heterocycles. The van der Waals surface area contributed by atoms with E-state index in [-0.39, 0.29) is 17.0 Å². The normalized spacial score (nSPS) is 17.5. The lowest BCUT2D eigenvalue weighted by molar-refractivity contribution is -0.137. The maximum Gasteiger partial charge on any atom is 0.495 e. The number of aryl methyl sites for hydroxylation is 1. The standard InChI is InChI=1S/C23H25BF3N3O3/c1-12-15-9-13(7-8-14(15)20(28)30-29-12)16-10-18(17(23(25,26)27)11-19(16)31-6)24-32-21(2,3)22(4,5)33-24/h7-11H,1-6H3,(H2,28,30). The fraction of sp³-hybridized carbons (Fsp3) is 0.391. The summed E-state index contributed by atoms with van der Waals surface area (Å²) < 4.78 is 59.4. The van der Waals surface area contributed by atoms with Crippen LogP contribution in [0.4, 0.5) is 19.0 Å². The molecule has 2 aromatic carbocycles. The number of hydrogen-bond donors (Lipinski definition) is 1. The van der Waals surface area contributed by atoms with Crippen LogP contribution in [0, 0.1) is 6.92 Å². The summed E-state index contributed by atoms with van der Waals surface area (Å²) in [5.41, 5.74) is 5.13. The third kappa shape index (κ3) is 3.91. The summed E-state index contributed by atoms with van der Waals surface area (Å²) in [6.45, 7) is 8.97. The minimum Gasteiger partial charge on any atom is -0.496 e. The summed E-state index contributed by atoms with van der Waals surface area (Å²) in [6.07, 6.45) is -4.63. The summed E-state index contributed by atoms with van der Waals surface area (Å²) >= 11 is 0. The van der Waals surface area contributed by atoms with Gasteiger partial charge >= 0.3 is 13.3 Å². The SMILES string of the molecule is COc1cc(C(F)(F)F)c(B2OC(C)(C)C(C)(C)O2)cc1-c1ccc2c(N)nnc(C)c2c1. The molecular weight excluding hydrogens is 434 g/mol. The van der Waals surface area contributed by atoms with E-state index in [9.17, 15) is 13.2 Å². The van der Waals surface area contributed by atoms with Crippen LogP contribution >= 0.6 is 0 Å². The van der Waals surface area contributed by atoms with Gasteiger partial charge in [-0.05, 0) is 63.8 Å². The van der Waals surface area contributed by atoms with Gasteiger partial charge in [0.1, 0.15) is 5.75 Å². The van der Waals surface area contributed by atoms with Crippen molar-refractivity contribution in [3.05, 3.63) is 41.6 Å². The van der Waals surface area contributed by atoms with E-state index in [2.05, 4.69) is 10.2 Å². The molecule has 2 N–H and O–H groups in total. The number of nitrogens with two attached hydrogens (primary N) is 1. The molecule has 6 nitrogen and oxygen atoms in total. The molecule has 0 amide bonds. The predicted molar refractivity (Wildman–Crippen MR) is 121 cm³/mol. The number of rotatable bonds is 3. The molecule has 33 heavy (non-hydrogen) atoms.